The van der Waals surface area contributed by atoms with Crippen LogP contribution in [0.1, 0.15) is 64.2 Å². The standard InChI is InChI=1S/C14H22N2O2/c15-11-13(7-3-1-4-8-13)12(17)16(18)14(11)9-5-2-6-10-14/h15,18H,1-10H2. The molecule has 1 aliphatic heterocycles. The molecule has 0 aromatic rings. The van der Waals surface area contributed by atoms with E-state index in [0.29, 0.717) is 5.71 Å². The molecule has 2 aliphatic carbocycles. The molecule has 2 saturated carbocycles. The maximum atomic E-state index is 12.5. The number of carbonyl (C=O) groups is 1. The van der Waals surface area contributed by atoms with Gasteiger partial charge in [0.15, 0.2) is 0 Å². The fourth-order valence-electron chi connectivity index (χ4n) is 4.27. The monoisotopic (exact) mass is 250 g/mol. The Bertz CT molecular complexity index is 379. The largest absolute Gasteiger partial charge is 0.306 e. The maximum Gasteiger partial charge on any atom is 0.258 e. The molecule has 100 valence electrons. The molecule has 2 N–H and O–H groups in total. The Morgan fingerprint density at radius 2 is 1.44 bits per heavy atom. The lowest BCUT2D eigenvalue weighted by Crippen LogP contribution is -2.49. The van der Waals surface area contributed by atoms with E-state index in [-0.39, 0.29) is 5.91 Å². The number of carbonyl (C=O) groups excluding carboxylic acids is 1. The highest BCUT2D eigenvalue weighted by Gasteiger charge is 2.63. The van der Waals surface area contributed by atoms with Crippen LogP contribution in [0.25, 0.3) is 0 Å². The van der Waals surface area contributed by atoms with Gasteiger partial charge in [-0.15, -0.1) is 0 Å². The Balaban J connectivity index is 1.99. The van der Waals surface area contributed by atoms with Gasteiger partial charge >= 0.3 is 0 Å². The number of hydrogen-bond donors (Lipinski definition) is 2. The van der Waals surface area contributed by atoms with Crippen LogP contribution in [-0.2, 0) is 4.79 Å². The van der Waals surface area contributed by atoms with Crippen molar-refractivity contribution in [3.05, 3.63) is 0 Å². The van der Waals surface area contributed by atoms with Gasteiger partial charge in [0, 0.05) is 0 Å². The molecule has 0 bridgehead atoms. The number of rotatable bonds is 0. The van der Waals surface area contributed by atoms with Crippen molar-refractivity contribution in [2.75, 3.05) is 0 Å². The second kappa shape index (κ2) is 4.05. The molecular weight excluding hydrogens is 228 g/mol. The number of amides is 1. The van der Waals surface area contributed by atoms with Crippen molar-refractivity contribution in [3.8, 4) is 0 Å². The SMILES string of the molecule is N=C1C2(CCCCC2)C(=O)N(O)C12CCCCC2. The summed E-state index contributed by atoms with van der Waals surface area (Å²) in [6, 6.07) is 0. The molecule has 0 radical (unpaired) electrons. The van der Waals surface area contributed by atoms with E-state index in [4.69, 9.17) is 5.41 Å². The van der Waals surface area contributed by atoms with Crippen LogP contribution in [0.2, 0.25) is 0 Å². The van der Waals surface area contributed by atoms with E-state index >= 15 is 0 Å². The Labute approximate surface area is 108 Å². The number of nitrogens with one attached hydrogen (secondary N) is 1. The van der Waals surface area contributed by atoms with E-state index in [2.05, 4.69) is 0 Å². The zero-order chi connectivity index (χ0) is 12.8. The number of nitrogens with zero attached hydrogens (tertiary/aromatic N) is 1. The molecule has 0 aromatic carbocycles. The molecule has 3 aliphatic rings. The Morgan fingerprint density at radius 1 is 0.944 bits per heavy atom. The molecule has 3 rings (SSSR count). The summed E-state index contributed by atoms with van der Waals surface area (Å²) in [7, 11) is 0. The van der Waals surface area contributed by atoms with Crippen LogP contribution in [0.5, 0.6) is 0 Å². The van der Waals surface area contributed by atoms with Crippen LogP contribution in [0, 0.1) is 10.8 Å². The highest BCUT2D eigenvalue weighted by atomic mass is 16.5. The van der Waals surface area contributed by atoms with Gasteiger partial charge in [-0.3, -0.25) is 10.0 Å². The lowest BCUT2D eigenvalue weighted by molar-refractivity contribution is -0.185. The smallest absolute Gasteiger partial charge is 0.258 e. The number of hydroxylamine groups is 2. The zero-order valence-corrected chi connectivity index (χ0v) is 10.9. The molecule has 1 amide bonds. The lowest BCUT2D eigenvalue weighted by atomic mass is 9.66. The lowest BCUT2D eigenvalue weighted by Gasteiger charge is -2.38. The van der Waals surface area contributed by atoms with Gasteiger partial charge < -0.3 is 5.41 Å². The van der Waals surface area contributed by atoms with E-state index in [9.17, 15) is 10.0 Å². The van der Waals surface area contributed by atoms with Gasteiger partial charge in [-0.1, -0.05) is 38.5 Å². The number of hydrogen-bond acceptors (Lipinski definition) is 3. The van der Waals surface area contributed by atoms with E-state index in [1.807, 2.05) is 0 Å². The normalized spacial score (nSPS) is 30.4. The Hall–Kier alpha value is -0.900. The van der Waals surface area contributed by atoms with Crippen molar-refractivity contribution < 1.29 is 10.0 Å². The van der Waals surface area contributed by atoms with Crippen LogP contribution in [0.3, 0.4) is 0 Å². The maximum absolute atomic E-state index is 12.5. The summed E-state index contributed by atoms with van der Waals surface area (Å²) in [5.41, 5.74) is -0.765. The molecule has 4 heteroatoms. The van der Waals surface area contributed by atoms with Crippen molar-refractivity contribution in [3.63, 3.8) is 0 Å². The predicted octanol–water partition coefficient (Wildman–Crippen LogP) is 2.89. The summed E-state index contributed by atoms with van der Waals surface area (Å²) in [6.45, 7) is 0. The third-order valence-corrected chi connectivity index (χ3v) is 5.34. The Morgan fingerprint density at radius 3 is 2.00 bits per heavy atom. The van der Waals surface area contributed by atoms with E-state index in [1.54, 1.807) is 0 Å². The molecule has 1 saturated heterocycles. The van der Waals surface area contributed by atoms with Crippen molar-refractivity contribution in [2.24, 2.45) is 5.41 Å². The minimum atomic E-state index is -0.648. The molecular formula is C14H22N2O2. The zero-order valence-electron chi connectivity index (χ0n) is 10.9. The summed E-state index contributed by atoms with van der Waals surface area (Å²) in [4.78, 5) is 12.5. The summed E-state index contributed by atoms with van der Waals surface area (Å²) in [5.74, 6) is -0.186. The molecule has 0 aromatic heterocycles. The van der Waals surface area contributed by atoms with Gasteiger partial charge in [-0.2, -0.15) is 0 Å². The molecule has 4 nitrogen and oxygen atoms in total. The Kier molecular flexibility index (Phi) is 2.73. The highest BCUT2D eigenvalue weighted by molar-refractivity contribution is 6.17. The average Bonchev–Trinajstić information content (AvgIpc) is 2.57. The fourth-order valence-corrected chi connectivity index (χ4v) is 4.27. The van der Waals surface area contributed by atoms with Crippen molar-refractivity contribution >= 4 is 11.6 Å². The summed E-state index contributed by atoms with van der Waals surface area (Å²) >= 11 is 0. The second-order valence-electron chi connectivity index (χ2n) is 6.23. The average molecular weight is 250 g/mol. The predicted molar refractivity (Wildman–Crippen MR) is 67.7 cm³/mol. The molecule has 0 atom stereocenters. The van der Waals surface area contributed by atoms with Crippen LogP contribution < -0.4 is 0 Å². The van der Waals surface area contributed by atoms with Gasteiger partial charge in [0.1, 0.15) is 5.54 Å². The molecule has 1 heterocycles. The molecule has 0 unspecified atom stereocenters. The van der Waals surface area contributed by atoms with Crippen molar-refractivity contribution in [2.45, 2.75) is 69.7 Å². The van der Waals surface area contributed by atoms with Crippen molar-refractivity contribution in [1.82, 2.24) is 5.06 Å². The van der Waals surface area contributed by atoms with Gasteiger partial charge in [-0.05, 0) is 25.7 Å². The van der Waals surface area contributed by atoms with Gasteiger partial charge in [0.05, 0.1) is 11.1 Å². The fraction of sp³-hybridized carbons (Fsp3) is 0.857. The first kappa shape index (κ1) is 12.2. The summed E-state index contributed by atoms with van der Waals surface area (Å²) in [6.07, 6.45) is 9.45. The topological polar surface area (TPSA) is 64.4 Å². The molecule has 3 fully saturated rings. The second-order valence-corrected chi connectivity index (χ2v) is 6.23. The first-order chi connectivity index (χ1) is 8.63. The van der Waals surface area contributed by atoms with Gasteiger partial charge in [0.25, 0.3) is 5.91 Å². The van der Waals surface area contributed by atoms with Crippen LogP contribution in [0.15, 0.2) is 0 Å². The molecule has 2 spiro atoms. The van der Waals surface area contributed by atoms with Crippen LogP contribution >= 0.6 is 0 Å². The summed E-state index contributed by atoms with van der Waals surface area (Å²) < 4.78 is 0. The summed E-state index contributed by atoms with van der Waals surface area (Å²) in [5, 5.41) is 19.8. The van der Waals surface area contributed by atoms with Crippen LogP contribution in [0.4, 0.5) is 0 Å². The first-order valence-electron chi connectivity index (χ1n) is 7.27. The minimum Gasteiger partial charge on any atom is -0.306 e. The third-order valence-electron chi connectivity index (χ3n) is 5.34. The van der Waals surface area contributed by atoms with E-state index < -0.39 is 11.0 Å². The first-order valence-corrected chi connectivity index (χ1v) is 7.27. The highest BCUT2D eigenvalue weighted by Crippen LogP contribution is 2.52. The van der Waals surface area contributed by atoms with E-state index in [1.165, 1.54) is 0 Å². The van der Waals surface area contributed by atoms with Gasteiger partial charge in [0.2, 0.25) is 0 Å². The van der Waals surface area contributed by atoms with E-state index in [0.717, 1.165) is 69.3 Å². The van der Waals surface area contributed by atoms with Gasteiger partial charge in [-0.25, -0.2) is 5.06 Å². The quantitative estimate of drug-likeness (QED) is 0.649. The van der Waals surface area contributed by atoms with Crippen LogP contribution in [-0.4, -0.2) is 27.4 Å². The minimum absolute atomic E-state index is 0.186. The third kappa shape index (κ3) is 1.35. The molecule has 18 heavy (non-hydrogen) atoms. The van der Waals surface area contributed by atoms with Crippen molar-refractivity contribution in [1.29, 1.82) is 5.41 Å².